The molecule has 6 unspecified atom stereocenters. The molecule has 0 radical (unpaired) electrons. The summed E-state index contributed by atoms with van der Waals surface area (Å²) in [5.41, 5.74) is 6.19. The lowest BCUT2D eigenvalue weighted by molar-refractivity contribution is -0.128. The van der Waals surface area contributed by atoms with Crippen LogP contribution in [0.1, 0.15) is 44.9 Å². The average molecular weight is 252 g/mol. The Balaban J connectivity index is 1.58. The lowest BCUT2D eigenvalue weighted by Crippen LogP contribution is -2.49. The topological polar surface area (TPSA) is 75.4 Å². The highest BCUT2D eigenvalue weighted by Crippen LogP contribution is 2.47. The zero-order valence-corrected chi connectivity index (χ0v) is 10.8. The second kappa shape index (κ2) is 4.82. The molecular formula is C14H24N2O2. The third-order valence-corrected chi connectivity index (χ3v) is 5.28. The standard InChI is InChI=1S/C14H24N2O2/c15-13-9-5-4-8(6-9)12(13)14(18)16-10-2-1-3-11(17)7-10/h8-13,17H,1-7,15H2,(H,16,18). The van der Waals surface area contributed by atoms with Gasteiger partial charge in [-0.15, -0.1) is 0 Å². The van der Waals surface area contributed by atoms with Gasteiger partial charge in [0.15, 0.2) is 0 Å². The van der Waals surface area contributed by atoms with E-state index in [1.165, 1.54) is 12.8 Å². The number of aliphatic hydroxyl groups is 1. The fourth-order valence-electron chi connectivity index (χ4n) is 4.32. The van der Waals surface area contributed by atoms with Crippen molar-refractivity contribution in [1.82, 2.24) is 5.32 Å². The molecule has 0 aromatic rings. The second-order valence-corrected chi connectivity index (χ2v) is 6.46. The number of nitrogens with one attached hydrogen (secondary N) is 1. The first-order valence-corrected chi connectivity index (χ1v) is 7.39. The van der Waals surface area contributed by atoms with Crippen molar-refractivity contribution in [2.24, 2.45) is 23.5 Å². The second-order valence-electron chi connectivity index (χ2n) is 6.46. The van der Waals surface area contributed by atoms with Crippen LogP contribution in [0.3, 0.4) is 0 Å². The van der Waals surface area contributed by atoms with Crippen LogP contribution in [0, 0.1) is 17.8 Å². The van der Waals surface area contributed by atoms with Gasteiger partial charge in [-0.3, -0.25) is 4.79 Å². The van der Waals surface area contributed by atoms with Crippen LogP contribution < -0.4 is 11.1 Å². The quantitative estimate of drug-likeness (QED) is 0.680. The highest BCUT2D eigenvalue weighted by Gasteiger charge is 2.49. The zero-order chi connectivity index (χ0) is 12.7. The molecule has 3 aliphatic carbocycles. The number of amides is 1. The minimum atomic E-state index is -0.238. The normalized spacial score (nSPS) is 47.2. The Kier molecular flexibility index (Phi) is 3.32. The summed E-state index contributed by atoms with van der Waals surface area (Å²) in [7, 11) is 0. The SMILES string of the molecule is NC1C2CCC(C2)C1C(=O)NC1CCCC(O)C1. The summed E-state index contributed by atoms with van der Waals surface area (Å²) < 4.78 is 0. The summed E-state index contributed by atoms with van der Waals surface area (Å²) in [5, 5.41) is 12.8. The molecule has 1 amide bonds. The summed E-state index contributed by atoms with van der Waals surface area (Å²) in [6.07, 6.45) is 6.88. The van der Waals surface area contributed by atoms with Crippen LogP contribution in [0.25, 0.3) is 0 Å². The average Bonchev–Trinajstić information content (AvgIpc) is 2.89. The molecule has 3 aliphatic rings. The van der Waals surface area contributed by atoms with Crippen LogP contribution in [0.5, 0.6) is 0 Å². The number of fused-ring (bicyclic) bond motifs is 2. The minimum Gasteiger partial charge on any atom is -0.393 e. The molecule has 0 spiro atoms. The molecule has 0 aliphatic heterocycles. The molecule has 4 nitrogen and oxygen atoms in total. The minimum absolute atomic E-state index is 0.0304. The Bertz CT molecular complexity index is 332. The van der Waals surface area contributed by atoms with Gasteiger partial charge in [0.2, 0.25) is 5.91 Å². The number of carbonyl (C=O) groups excluding carboxylic acids is 1. The molecule has 0 aromatic carbocycles. The van der Waals surface area contributed by atoms with Crippen LogP contribution >= 0.6 is 0 Å². The largest absolute Gasteiger partial charge is 0.393 e. The van der Waals surface area contributed by atoms with E-state index in [1.807, 2.05) is 0 Å². The molecule has 3 saturated carbocycles. The van der Waals surface area contributed by atoms with Crippen molar-refractivity contribution in [3.8, 4) is 0 Å². The van der Waals surface area contributed by atoms with E-state index >= 15 is 0 Å². The molecule has 0 saturated heterocycles. The van der Waals surface area contributed by atoms with Crippen molar-refractivity contribution in [3.05, 3.63) is 0 Å². The first-order chi connectivity index (χ1) is 8.65. The maximum Gasteiger partial charge on any atom is 0.225 e. The van der Waals surface area contributed by atoms with Gasteiger partial charge < -0.3 is 16.2 Å². The number of aliphatic hydroxyl groups excluding tert-OH is 1. The number of nitrogens with two attached hydrogens (primary N) is 1. The van der Waals surface area contributed by atoms with Gasteiger partial charge in [0.05, 0.1) is 12.0 Å². The highest BCUT2D eigenvalue weighted by molar-refractivity contribution is 5.80. The first kappa shape index (κ1) is 12.4. The number of carbonyl (C=O) groups is 1. The van der Waals surface area contributed by atoms with Gasteiger partial charge in [-0.2, -0.15) is 0 Å². The molecule has 2 bridgehead atoms. The summed E-state index contributed by atoms with van der Waals surface area (Å²) in [6, 6.07) is 0.227. The van der Waals surface area contributed by atoms with Crippen LogP contribution in [-0.4, -0.2) is 29.2 Å². The van der Waals surface area contributed by atoms with Gasteiger partial charge in [0.1, 0.15) is 0 Å². The third kappa shape index (κ3) is 2.16. The number of hydrogen-bond donors (Lipinski definition) is 3. The Morgan fingerprint density at radius 1 is 1.11 bits per heavy atom. The van der Waals surface area contributed by atoms with Crippen molar-refractivity contribution in [3.63, 3.8) is 0 Å². The highest BCUT2D eigenvalue weighted by atomic mass is 16.3. The monoisotopic (exact) mass is 252 g/mol. The summed E-state index contributed by atoms with van der Waals surface area (Å²) >= 11 is 0. The number of hydrogen-bond acceptors (Lipinski definition) is 3. The van der Waals surface area contributed by atoms with E-state index in [1.54, 1.807) is 0 Å². The molecule has 4 heteroatoms. The number of rotatable bonds is 2. The van der Waals surface area contributed by atoms with E-state index in [-0.39, 0.29) is 30.0 Å². The van der Waals surface area contributed by atoms with E-state index in [0.717, 1.165) is 25.7 Å². The van der Waals surface area contributed by atoms with Gasteiger partial charge >= 0.3 is 0 Å². The van der Waals surface area contributed by atoms with Gasteiger partial charge in [-0.05, 0) is 56.8 Å². The molecular weight excluding hydrogens is 228 g/mol. The van der Waals surface area contributed by atoms with E-state index < -0.39 is 0 Å². The lowest BCUT2D eigenvalue weighted by atomic mass is 9.83. The van der Waals surface area contributed by atoms with Gasteiger partial charge in [0.25, 0.3) is 0 Å². The summed E-state index contributed by atoms with van der Waals surface area (Å²) in [5.74, 6) is 1.26. The molecule has 0 heterocycles. The molecule has 6 atom stereocenters. The Labute approximate surface area is 108 Å². The van der Waals surface area contributed by atoms with Crippen LogP contribution in [0.4, 0.5) is 0 Å². The molecule has 0 aromatic heterocycles. The van der Waals surface area contributed by atoms with Crippen LogP contribution in [-0.2, 0) is 4.79 Å². The molecule has 18 heavy (non-hydrogen) atoms. The Morgan fingerprint density at radius 2 is 1.89 bits per heavy atom. The predicted molar refractivity (Wildman–Crippen MR) is 68.7 cm³/mol. The van der Waals surface area contributed by atoms with E-state index in [2.05, 4.69) is 5.32 Å². The molecule has 4 N–H and O–H groups in total. The van der Waals surface area contributed by atoms with Crippen molar-refractivity contribution in [2.75, 3.05) is 0 Å². The predicted octanol–water partition coefficient (Wildman–Crippen LogP) is 0.779. The van der Waals surface area contributed by atoms with E-state index in [0.29, 0.717) is 18.3 Å². The van der Waals surface area contributed by atoms with Gasteiger partial charge in [-0.1, -0.05) is 0 Å². The summed E-state index contributed by atoms with van der Waals surface area (Å²) in [4.78, 5) is 12.3. The van der Waals surface area contributed by atoms with Crippen LogP contribution in [0.2, 0.25) is 0 Å². The zero-order valence-electron chi connectivity index (χ0n) is 10.8. The lowest BCUT2D eigenvalue weighted by Gasteiger charge is -2.31. The smallest absolute Gasteiger partial charge is 0.225 e. The molecule has 102 valence electrons. The van der Waals surface area contributed by atoms with Crippen LogP contribution in [0.15, 0.2) is 0 Å². The van der Waals surface area contributed by atoms with E-state index in [4.69, 9.17) is 5.73 Å². The summed E-state index contributed by atoms with van der Waals surface area (Å²) in [6.45, 7) is 0. The molecule has 3 fully saturated rings. The van der Waals surface area contributed by atoms with Crippen molar-refractivity contribution in [1.29, 1.82) is 0 Å². The van der Waals surface area contributed by atoms with Gasteiger partial charge in [-0.25, -0.2) is 0 Å². The third-order valence-electron chi connectivity index (χ3n) is 5.28. The maximum atomic E-state index is 12.3. The van der Waals surface area contributed by atoms with Crippen molar-refractivity contribution < 1.29 is 9.90 Å². The van der Waals surface area contributed by atoms with Gasteiger partial charge in [0, 0.05) is 12.1 Å². The maximum absolute atomic E-state index is 12.3. The van der Waals surface area contributed by atoms with E-state index in [9.17, 15) is 9.90 Å². The Hall–Kier alpha value is -0.610. The fourth-order valence-corrected chi connectivity index (χ4v) is 4.32. The first-order valence-electron chi connectivity index (χ1n) is 7.39. The fraction of sp³-hybridized carbons (Fsp3) is 0.929. The van der Waals surface area contributed by atoms with Crippen molar-refractivity contribution in [2.45, 2.75) is 63.1 Å². The Morgan fingerprint density at radius 3 is 2.56 bits per heavy atom. The van der Waals surface area contributed by atoms with Crippen molar-refractivity contribution >= 4 is 5.91 Å². The molecule has 3 rings (SSSR count).